The highest BCUT2D eigenvalue weighted by Gasteiger charge is 2.24. The van der Waals surface area contributed by atoms with Crippen LogP contribution in [0.5, 0.6) is 0 Å². The monoisotopic (exact) mass is 634 g/mol. The Kier molecular flexibility index (Phi) is 11.4. The lowest BCUT2D eigenvalue weighted by atomic mass is 9.93. The normalized spacial score (nSPS) is 12.2. The number of ether oxygens (including phenoxy) is 1. The lowest BCUT2D eigenvalue weighted by molar-refractivity contribution is -0.139. The van der Waals surface area contributed by atoms with Crippen LogP contribution in [0, 0.1) is 6.92 Å². The number of aromatic nitrogens is 1. The molecule has 0 radical (unpaired) electrons. The van der Waals surface area contributed by atoms with E-state index in [2.05, 4.69) is 24.4 Å². The molecule has 232 valence electrons. The number of rotatable bonds is 15. The van der Waals surface area contributed by atoms with Crippen LogP contribution < -0.4 is 5.32 Å². The second-order valence-corrected chi connectivity index (χ2v) is 14.2. The summed E-state index contributed by atoms with van der Waals surface area (Å²) < 4.78 is 29.4. The van der Waals surface area contributed by atoms with Crippen molar-refractivity contribution >= 4 is 33.1 Å². The smallest absolute Gasteiger partial charge is 0.326 e. The highest BCUT2D eigenvalue weighted by Crippen LogP contribution is 2.31. The van der Waals surface area contributed by atoms with Gasteiger partial charge in [0.25, 0.3) is 5.91 Å². The average Bonchev–Trinajstić information content (AvgIpc) is 3.41. The van der Waals surface area contributed by atoms with Gasteiger partial charge in [-0.1, -0.05) is 74.0 Å². The first kappa shape index (κ1) is 33.0. The molecule has 1 amide bonds. The molecule has 10 heteroatoms. The molecule has 1 aromatic heterocycles. The average molecular weight is 635 g/mol. The molecular weight excluding hydrogens is 597 g/mol. The van der Waals surface area contributed by atoms with E-state index in [4.69, 9.17) is 9.72 Å². The molecule has 1 heterocycles. The molecule has 0 saturated carbocycles. The highest BCUT2D eigenvalue weighted by molar-refractivity contribution is 7.90. The second-order valence-electron chi connectivity index (χ2n) is 10.8. The van der Waals surface area contributed by atoms with Gasteiger partial charge in [0, 0.05) is 17.4 Å². The van der Waals surface area contributed by atoms with E-state index in [9.17, 15) is 23.1 Å². The summed E-state index contributed by atoms with van der Waals surface area (Å²) in [5.41, 5.74) is 5.72. The zero-order valence-electron chi connectivity index (χ0n) is 25.2. The third-order valence-electron chi connectivity index (χ3n) is 7.21. The predicted octanol–water partition coefficient (Wildman–Crippen LogP) is 6.46. The third-order valence-corrected chi connectivity index (χ3v) is 9.31. The van der Waals surface area contributed by atoms with E-state index in [0.717, 1.165) is 63.4 Å². The SMILES string of the molecule is CCCCc1nc(-c2ccccc2)sc1COCc1ccc(C(=O)N[C@@H](CCS(C)(=O)=O)C(=O)O)c(-c2ccccc2C)c1. The van der Waals surface area contributed by atoms with Gasteiger partial charge in [-0.25, -0.2) is 18.2 Å². The van der Waals surface area contributed by atoms with Crippen LogP contribution in [0.3, 0.4) is 0 Å². The summed E-state index contributed by atoms with van der Waals surface area (Å²) in [4.78, 5) is 31.2. The highest BCUT2D eigenvalue weighted by atomic mass is 32.2. The first-order chi connectivity index (χ1) is 21.1. The Morgan fingerprint density at radius 1 is 1.00 bits per heavy atom. The van der Waals surface area contributed by atoms with E-state index in [1.807, 2.05) is 55.5 Å². The van der Waals surface area contributed by atoms with E-state index in [0.29, 0.717) is 24.3 Å². The van der Waals surface area contributed by atoms with Crippen molar-refractivity contribution in [2.45, 2.75) is 58.8 Å². The minimum atomic E-state index is -3.40. The molecule has 0 saturated heterocycles. The molecule has 0 spiro atoms. The maximum absolute atomic E-state index is 13.4. The van der Waals surface area contributed by atoms with Crippen LogP contribution in [0.2, 0.25) is 0 Å². The number of nitrogens with zero attached hydrogens (tertiary/aromatic N) is 1. The summed E-state index contributed by atoms with van der Waals surface area (Å²) in [5, 5.41) is 13.1. The number of nitrogens with one attached hydrogen (secondary N) is 1. The standard InChI is InChI=1S/C34H38N2O6S2/c1-4-5-15-29-31(43-33(36-29)25-12-7-6-8-13-25)22-42-21-24-16-17-27(28(20-24)26-14-10-9-11-23(26)2)32(37)35-30(34(38)39)18-19-44(3,40)41/h6-14,16-17,20,30H,4-5,15,18-19,21-22H2,1-3H3,(H,35,37)(H,38,39)/t30-/m0/s1. The number of carboxylic acid groups (broad SMARTS) is 1. The number of hydrogen-bond acceptors (Lipinski definition) is 7. The second kappa shape index (κ2) is 15.2. The summed E-state index contributed by atoms with van der Waals surface area (Å²) in [7, 11) is -3.40. The van der Waals surface area contributed by atoms with Gasteiger partial charge < -0.3 is 15.2 Å². The van der Waals surface area contributed by atoms with Gasteiger partial charge in [0.1, 0.15) is 20.9 Å². The van der Waals surface area contributed by atoms with Crippen LogP contribution in [0.4, 0.5) is 0 Å². The Balaban J connectivity index is 1.56. The number of aliphatic carboxylic acids is 1. The number of thiazole rings is 1. The topological polar surface area (TPSA) is 123 Å². The molecule has 2 N–H and O–H groups in total. The minimum absolute atomic E-state index is 0.227. The van der Waals surface area contributed by atoms with Crippen molar-refractivity contribution in [3.8, 4) is 21.7 Å². The van der Waals surface area contributed by atoms with E-state index < -0.39 is 27.8 Å². The number of carbonyl (C=O) groups excluding carboxylic acids is 1. The summed E-state index contributed by atoms with van der Waals surface area (Å²) in [6.45, 7) is 4.82. The minimum Gasteiger partial charge on any atom is -0.480 e. The van der Waals surface area contributed by atoms with Gasteiger partial charge in [-0.3, -0.25) is 4.79 Å². The molecule has 0 aliphatic carbocycles. The van der Waals surface area contributed by atoms with Crippen molar-refractivity contribution in [2.75, 3.05) is 12.0 Å². The Bertz CT molecular complexity index is 1700. The number of sulfone groups is 1. The summed E-state index contributed by atoms with van der Waals surface area (Å²) in [6, 6.07) is 21.8. The molecule has 0 fully saturated rings. The first-order valence-corrected chi connectivity index (χ1v) is 17.5. The maximum atomic E-state index is 13.4. The third kappa shape index (κ3) is 9.07. The molecule has 4 rings (SSSR count). The Morgan fingerprint density at radius 2 is 1.73 bits per heavy atom. The maximum Gasteiger partial charge on any atom is 0.326 e. The number of benzene rings is 3. The number of carbonyl (C=O) groups is 2. The molecule has 0 bridgehead atoms. The van der Waals surface area contributed by atoms with E-state index in [1.54, 1.807) is 23.5 Å². The molecule has 0 aliphatic heterocycles. The summed E-state index contributed by atoms with van der Waals surface area (Å²) in [6.07, 6.45) is 3.82. The van der Waals surface area contributed by atoms with Crippen molar-refractivity contribution in [1.29, 1.82) is 0 Å². The Morgan fingerprint density at radius 3 is 2.41 bits per heavy atom. The molecule has 1 atom stereocenters. The lowest BCUT2D eigenvalue weighted by Crippen LogP contribution is -2.42. The molecule has 0 unspecified atom stereocenters. The quantitative estimate of drug-likeness (QED) is 0.154. The number of hydrogen-bond donors (Lipinski definition) is 2. The lowest BCUT2D eigenvalue weighted by Gasteiger charge is -2.18. The zero-order valence-corrected chi connectivity index (χ0v) is 26.8. The van der Waals surface area contributed by atoms with Gasteiger partial charge in [-0.15, -0.1) is 11.3 Å². The van der Waals surface area contributed by atoms with Crippen molar-refractivity contribution < 1.29 is 27.9 Å². The van der Waals surface area contributed by atoms with E-state index in [1.165, 1.54) is 0 Å². The summed E-state index contributed by atoms with van der Waals surface area (Å²) >= 11 is 1.65. The summed E-state index contributed by atoms with van der Waals surface area (Å²) in [5.74, 6) is -2.23. The number of unbranched alkanes of at least 4 members (excludes halogenated alkanes) is 1. The van der Waals surface area contributed by atoms with Crippen LogP contribution in [0.25, 0.3) is 21.7 Å². The fourth-order valence-electron chi connectivity index (χ4n) is 4.80. The van der Waals surface area contributed by atoms with Crippen molar-refractivity contribution in [3.63, 3.8) is 0 Å². The van der Waals surface area contributed by atoms with Gasteiger partial charge in [-0.2, -0.15) is 0 Å². The van der Waals surface area contributed by atoms with Gasteiger partial charge in [0.05, 0.1) is 29.5 Å². The van der Waals surface area contributed by atoms with Crippen molar-refractivity contribution in [3.05, 3.63) is 100 Å². The van der Waals surface area contributed by atoms with Crippen LogP contribution in [0.15, 0.2) is 72.8 Å². The molecule has 4 aromatic rings. The Labute approximate surface area is 263 Å². The largest absolute Gasteiger partial charge is 0.480 e. The van der Waals surface area contributed by atoms with Crippen LogP contribution in [-0.2, 0) is 39.0 Å². The van der Waals surface area contributed by atoms with Crippen LogP contribution in [0.1, 0.15) is 58.2 Å². The Hall–Kier alpha value is -3.86. The van der Waals surface area contributed by atoms with Gasteiger partial charge >= 0.3 is 5.97 Å². The zero-order chi connectivity index (χ0) is 31.7. The van der Waals surface area contributed by atoms with Crippen molar-refractivity contribution in [2.24, 2.45) is 0 Å². The molecule has 0 aliphatic rings. The number of carboxylic acids is 1. The number of amides is 1. The van der Waals surface area contributed by atoms with Gasteiger partial charge in [0.15, 0.2) is 0 Å². The van der Waals surface area contributed by atoms with E-state index in [-0.39, 0.29) is 12.2 Å². The van der Waals surface area contributed by atoms with Gasteiger partial charge in [0.2, 0.25) is 0 Å². The van der Waals surface area contributed by atoms with Crippen molar-refractivity contribution in [1.82, 2.24) is 10.3 Å². The van der Waals surface area contributed by atoms with Crippen LogP contribution in [-0.4, -0.2) is 48.4 Å². The van der Waals surface area contributed by atoms with Gasteiger partial charge in [-0.05, 0) is 60.6 Å². The fourth-order valence-corrected chi connectivity index (χ4v) is 6.52. The molecular formula is C34H38N2O6S2. The van der Waals surface area contributed by atoms with Crippen LogP contribution >= 0.6 is 11.3 Å². The molecule has 3 aromatic carbocycles. The fraction of sp³-hybridized carbons (Fsp3) is 0.324. The van der Waals surface area contributed by atoms with E-state index >= 15 is 0 Å². The predicted molar refractivity (Wildman–Crippen MR) is 174 cm³/mol. The first-order valence-electron chi connectivity index (χ1n) is 14.6. The molecule has 8 nitrogen and oxygen atoms in total. The number of aryl methyl sites for hydroxylation is 2. The molecule has 44 heavy (non-hydrogen) atoms.